The quantitative estimate of drug-likeness (QED) is 0.849. The molecule has 4 rings (SSSR count). The summed E-state index contributed by atoms with van der Waals surface area (Å²) in [5, 5.41) is 13.0. The number of nitrogens with one attached hydrogen (secondary N) is 1. The standard InChI is InChI=1S/C19H24N6O2/c1-19(2)8-13-16(14(27)9-19)17(22-11-21-13)24-18-20-6-5-15(23-18)25-7-3-4-12(26)10-25/h5-6,11-12,26H,3-4,7-10H2,1-2H3,(H,20,21,22,23,24). The predicted octanol–water partition coefficient (Wildman–Crippen LogP) is 2.13. The van der Waals surface area contributed by atoms with Crippen LogP contribution in [0.1, 0.15) is 49.2 Å². The molecule has 0 aromatic carbocycles. The number of β-amino-alcohol motifs (C(OH)–C–C–N with tert-alkyl or cyclic N) is 1. The summed E-state index contributed by atoms with van der Waals surface area (Å²) in [4.78, 5) is 32.1. The maximum Gasteiger partial charge on any atom is 0.230 e. The monoisotopic (exact) mass is 368 g/mol. The summed E-state index contributed by atoms with van der Waals surface area (Å²) >= 11 is 0. The lowest BCUT2D eigenvalue weighted by molar-refractivity contribution is 0.0911. The van der Waals surface area contributed by atoms with Gasteiger partial charge in [0.15, 0.2) is 5.78 Å². The minimum absolute atomic E-state index is 0.0413. The fourth-order valence-electron chi connectivity index (χ4n) is 3.84. The first-order chi connectivity index (χ1) is 12.9. The van der Waals surface area contributed by atoms with E-state index in [0.717, 1.165) is 37.3 Å². The second-order valence-corrected chi connectivity index (χ2v) is 8.09. The normalized spacial score (nSPS) is 21.7. The molecule has 1 aliphatic carbocycles. The summed E-state index contributed by atoms with van der Waals surface area (Å²) < 4.78 is 0. The second kappa shape index (κ2) is 6.84. The van der Waals surface area contributed by atoms with E-state index in [1.807, 2.05) is 11.0 Å². The summed E-state index contributed by atoms with van der Waals surface area (Å²) in [6.07, 6.45) is 5.76. The largest absolute Gasteiger partial charge is 0.391 e. The number of carbonyl (C=O) groups is 1. The molecule has 1 aliphatic heterocycles. The van der Waals surface area contributed by atoms with E-state index in [9.17, 15) is 9.90 Å². The summed E-state index contributed by atoms with van der Waals surface area (Å²) in [5.41, 5.74) is 1.21. The van der Waals surface area contributed by atoms with Crippen molar-refractivity contribution in [3.05, 3.63) is 29.8 Å². The number of Topliss-reactive ketones (excluding diaryl/α,β-unsaturated/α-hetero) is 1. The Balaban J connectivity index is 1.61. The SMILES string of the molecule is CC1(C)CC(=O)c2c(ncnc2Nc2nccc(N3CCCC(O)C3)n2)C1. The first-order valence-electron chi connectivity index (χ1n) is 9.31. The van der Waals surface area contributed by atoms with Crippen LogP contribution in [0.15, 0.2) is 18.6 Å². The number of aliphatic hydroxyl groups is 1. The minimum atomic E-state index is -0.333. The summed E-state index contributed by atoms with van der Waals surface area (Å²) in [5.74, 6) is 1.63. The van der Waals surface area contributed by atoms with E-state index in [0.29, 0.717) is 30.3 Å². The number of aromatic nitrogens is 4. The minimum Gasteiger partial charge on any atom is -0.391 e. The van der Waals surface area contributed by atoms with Gasteiger partial charge in [0, 0.05) is 25.7 Å². The highest BCUT2D eigenvalue weighted by molar-refractivity contribution is 6.03. The molecule has 1 unspecified atom stereocenters. The molecule has 8 heteroatoms. The Morgan fingerprint density at radius 1 is 1.26 bits per heavy atom. The van der Waals surface area contributed by atoms with Crippen LogP contribution >= 0.6 is 0 Å². The molecular weight excluding hydrogens is 344 g/mol. The molecule has 0 bridgehead atoms. The van der Waals surface area contributed by atoms with Crippen LogP contribution in [0.5, 0.6) is 0 Å². The van der Waals surface area contributed by atoms with Crippen molar-refractivity contribution in [2.75, 3.05) is 23.3 Å². The number of hydrogen-bond acceptors (Lipinski definition) is 8. The van der Waals surface area contributed by atoms with Crippen LogP contribution in [0.25, 0.3) is 0 Å². The highest BCUT2D eigenvalue weighted by Gasteiger charge is 2.34. The Labute approximate surface area is 158 Å². The van der Waals surface area contributed by atoms with Crippen molar-refractivity contribution in [1.82, 2.24) is 19.9 Å². The van der Waals surface area contributed by atoms with Crippen LogP contribution < -0.4 is 10.2 Å². The van der Waals surface area contributed by atoms with E-state index in [4.69, 9.17) is 0 Å². The van der Waals surface area contributed by atoms with Crippen molar-refractivity contribution >= 4 is 23.4 Å². The van der Waals surface area contributed by atoms with Crippen LogP contribution in [0.2, 0.25) is 0 Å². The molecule has 2 N–H and O–H groups in total. The Bertz CT molecular complexity index is 869. The van der Waals surface area contributed by atoms with Gasteiger partial charge in [0.25, 0.3) is 0 Å². The van der Waals surface area contributed by atoms with Crippen LogP contribution in [0.3, 0.4) is 0 Å². The third-order valence-corrected chi connectivity index (χ3v) is 5.08. The third kappa shape index (κ3) is 3.75. The third-order valence-electron chi connectivity index (χ3n) is 5.08. The maximum atomic E-state index is 12.7. The predicted molar refractivity (Wildman–Crippen MR) is 101 cm³/mol. The lowest BCUT2D eigenvalue weighted by Gasteiger charge is -2.31. The van der Waals surface area contributed by atoms with Crippen LogP contribution in [-0.2, 0) is 6.42 Å². The lowest BCUT2D eigenvalue weighted by Crippen LogP contribution is -2.38. The molecule has 1 fully saturated rings. The number of ketones is 1. The van der Waals surface area contributed by atoms with Crippen molar-refractivity contribution in [2.24, 2.45) is 5.41 Å². The van der Waals surface area contributed by atoms with Crippen molar-refractivity contribution in [3.8, 4) is 0 Å². The van der Waals surface area contributed by atoms with Gasteiger partial charge in [-0.15, -0.1) is 0 Å². The number of hydrogen-bond donors (Lipinski definition) is 2. The van der Waals surface area contributed by atoms with Gasteiger partial charge >= 0.3 is 0 Å². The lowest BCUT2D eigenvalue weighted by atomic mass is 9.76. The number of carbonyl (C=O) groups excluding carboxylic acids is 1. The number of rotatable bonds is 3. The van der Waals surface area contributed by atoms with Crippen LogP contribution in [0.4, 0.5) is 17.6 Å². The Morgan fingerprint density at radius 2 is 2.11 bits per heavy atom. The highest BCUT2D eigenvalue weighted by atomic mass is 16.3. The van der Waals surface area contributed by atoms with Gasteiger partial charge in [-0.3, -0.25) is 4.79 Å². The first-order valence-corrected chi connectivity index (χ1v) is 9.31. The van der Waals surface area contributed by atoms with Gasteiger partial charge in [0.2, 0.25) is 5.95 Å². The number of fused-ring (bicyclic) bond motifs is 1. The average Bonchev–Trinajstić information content (AvgIpc) is 2.61. The molecule has 2 aromatic heterocycles. The molecule has 1 atom stereocenters. The number of piperidine rings is 1. The highest BCUT2D eigenvalue weighted by Crippen LogP contribution is 2.36. The summed E-state index contributed by atoms with van der Waals surface area (Å²) in [7, 11) is 0. The van der Waals surface area contributed by atoms with E-state index in [1.165, 1.54) is 6.33 Å². The van der Waals surface area contributed by atoms with Crippen molar-refractivity contribution in [2.45, 2.75) is 45.6 Å². The van der Waals surface area contributed by atoms with E-state index in [1.54, 1.807) is 6.20 Å². The number of anilines is 3. The molecule has 142 valence electrons. The fraction of sp³-hybridized carbons (Fsp3) is 0.526. The topological polar surface area (TPSA) is 104 Å². The summed E-state index contributed by atoms with van der Waals surface area (Å²) in [6.45, 7) is 5.56. The van der Waals surface area contributed by atoms with Crippen LogP contribution in [-0.4, -0.2) is 50.0 Å². The van der Waals surface area contributed by atoms with E-state index >= 15 is 0 Å². The van der Waals surface area contributed by atoms with Crippen molar-refractivity contribution < 1.29 is 9.90 Å². The molecular formula is C19H24N6O2. The first kappa shape index (κ1) is 17.8. The Kier molecular flexibility index (Phi) is 4.51. The zero-order valence-corrected chi connectivity index (χ0v) is 15.6. The zero-order chi connectivity index (χ0) is 19.0. The molecule has 0 saturated carbocycles. The van der Waals surface area contributed by atoms with Gasteiger partial charge in [-0.1, -0.05) is 13.8 Å². The van der Waals surface area contributed by atoms with Gasteiger partial charge in [-0.2, -0.15) is 4.98 Å². The van der Waals surface area contributed by atoms with Gasteiger partial charge in [0.1, 0.15) is 18.0 Å². The molecule has 27 heavy (non-hydrogen) atoms. The number of aliphatic hydroxyl groups excluding tert-OH is 1. The van der Waals surface area contributed by atoms with Gasteiger partial charge in [-0.25, -0.2) is 15.0 Å². The molecule has 2 aliphatic rings. The van der Waals surface area contributed by atoms with Gasteiger partial charge in [-0.05, 0) is 30.7 Å². The Morgan fingerprint density at radius 3 is 2.93 bits per heavy atom. The molecule has 0 radical (unpaired) electrons. The fourth-order valence-corrected chi connectivity index (χ4v) is 3.84. The van der Waals surface area contributed by atoms with Crippen molar-refractivity contribution in [3.63, 3.8) is 0 Å². The smallest absolute Gasteiger partial charge is 0.230 e. The van der Waals surface area contributed by atoms with E-state index in [2.05, 4.69) is 39.1 Å². The molecule has 1 saturated heterocycles. The maximum absolute atomic E-state index is 12.7. The van der Waals surface area contributed by atoms with E-state index in [-0.39, 0.29) is 17.3 Å². The van der Waals surface area contributed by atoms with Crippen molar-refractivity contribution in [1.29, 1.82) is 0 Å². The average molecular weight is 368 g/mol. The van der Waals surface area contributed by atoms with Crippen LogP contribution in [0, 0.1) is 5.41 Å². The summed E-state index contributed by atoms with van der Waals surface area (Å²) in [6, 6.07) is 1.83. The molecule has 3 heterocycles. The van der Waals surface area contributed by atoms with E-state index < -0.39 is 0 Å². The second-order valence-electron chi connectivity index (χ2n) is 8.09. The van der Waals surface area contributed by atoms with Gasteiger partial charge < -0.3 is 15.3 Å². The van der Waals surface area contributed by atoms with Gasteiger partial charge in [0.05, 0.1) is 17.4 Å². The number of nitrogens with zero attached hydrogens (tertiary/aromatic N) is 5. The molecule has 8 nitrogen and oxygen atoms in total. The molecule has 0 amide bonds. The molecule has 0 spiro atoms. The Hall–Kier alpha value is -2.61. The molecule has 2 aromatic rings. The zero-order valence-electron chi connectivity index (χ0n) is 15.6.